The van der Waals surface area contributed by atoms with Crippen molar-refractivity contribution in [1.29, 1.82) is 0 Å². The Labute approximate surface area is 51.6 Å². The summed E-state index contributed by atoms with van der Waals surface area (Å²) in [4.78, 5) is 12.5. The van der Waals surface area contributed by atoms with Crippen LogP contribution in [-0.2, 0) is 4.79 Å². The topological polar surface area (TPSA) is 104 Å². The molecule has 1 amide bonds. The highest BCUT2D eigenvalue weighted by atomic mass is 16.1. The predicted octanol–water partition coefficient (Wildman–Crippen LogP) is -0.325. The number of carbonyl (C=O) groups is 1. The van der Waals surface area contributed by atoms with Crippen molar-refractivity contribution in [3.05, 3.63) is 10.4 Å². The first-order chi connectivity index (χ1) is 4.18. The summed E-state index contributed by atoms with van der Waals surface area (Å²) in [5, 5.41) is 2.92. The smallest absolute Gasteiger partial charge is 0.262 e. The van der Waals surface area contributed by atoms with Crippen LogP contribution in [0, 0.1) is 0 Å². The van der Waals surface area contributed by atoms with Gasteiger partial charge in [-0.2, -0.15) is 4.91 Å². The van der Waals surface area contributed by atoms with E-state index in [4.69, 9.17) is 11.3 Å². The van der Waals surface area contributed by atoms with Gasteiger partial charge in [-0.1, -0.05) is 0 Å². The van der Waals surface area contributed by atoms with Gasteiger partial charge in [-0.05, 0) is 12.1 Å². The zero-order chi connectivity index (χ0) is 7.28. The predicted molar refractivity (Wildman–Crippen MR) is 30.9 cm³/mol. The van der Waals surface area contributed by atoms with E-state index in [0.29, 0.717) is 0 Å². The molecule has 0 aromatic rings. The second-order valence-corrected chi connectivity index (χ2v) is 1.44. The fourth-order valence-electron chi connectivity index (χ4n) is 0.176. The number of nitrogens with two attached hydrogens (primary N) is 1. The van der Waals surface area contributed by atoms with Gasteiger partial charge in [-0.15, -0.1) is 5.53 Å². The number of azide groups is 1. The lowest BCUT2D eigenvalue weighted by Gasteiger charge is -1.98. The van der Waals surface area contributed by atoms with Crippen LogP contribution in [0.3, 0.4) is 0 Å². The van der Waals surface area contributed by atoms with Crippen molar-refractivity contribution in [1.82, 2.24) is 5.43 Å². The maximum absolute atomic E-state index is 10.2. The van der Waals surface area contributed by atoms with E-state index in [-0.39, 0.29) is 0 Å². The van der Waals surface area contributed by atoms with Crippen molar-refractivity contribution in [3.63, 3.8) is 0 Å². The van der Waals surface area contributed by atoms with Crippen LogP contribution in [0.1, 0.15) is 6.92 Å². The van der Waals surface area contributed by atoms with Gasteiger partial charge in [0.25, 0.3) is 5.91 Å². The summed E-state index contributed by atoms with van der Waals surface area (Å²) < 4.78 is 0. The Morgan fingerprint density at radius 3 is 2.89 bits per heavy atom. The van der Waals surface area contributed by atoms with Gasteiger partial charge in [0.2, 0.25) is 0 Å². The Bertz CT molecular complexity index is 148. The lowest BCUT2D eigenvalue weighted by molar-refractivity contribution is -0.119. The molecule has 0 bridgehead atoms. The highest BCUT2D eigenvalue weighted by molar-refractivity contribution is 5.79. The molecule has 50 valence electrons. The van der Waals surface area contributed by atoms with Crippen molar-refractivity contribution in [2.75, 3.05) is 0 Å². The van der Waals surface area contributed by atoms with Crippen molar-refractivity contribution < 1.29 is 4.79 Å². The van der Waals surface area contributed by atoms with Crippen LogP contribution in [0.4, 0.5) is 0 Å². The van der Waals surface area contributed by atoms with Crippen LogP contribution in [0.5, 0.6) is 0 Å². The zero-order valence-corrected chi connectivity index (χ0v) is 4.90. The minimum Gasteiger partial charge on any atom is -0.366 e. The normalized spacial score (nSPS) is 11.2. The molecule has 0 aromatic heterocycles. The Morgan fingerprint density at radius 2 is 2.56 bits per heavy atom. The summed E-state index contributed by atoms with van der Waals surface area (Å²) in [5.74, 6) is -0.553. The third kappa shape index (κ3) is 3.19. The molecule has 0 saturated carbocycles. The highest BCUT2D eigenvalue weighted by Gasteiger charge is 2.07. The van der Waals surface area contributed by atoms with E-state index in [1.54, 1.807) is 0 Å². The van der Waals surface area contributed by atoms with E-state index in [9.17, 15) is 4.79 Å². The fraction of sp³-hybridized carbons (Fsp3) is 0.667. The maximum atomic E-state index is 10.2. The van der Waals surface area contributed by atoms with E-state index in [1.807, 2.05) is 0 Å². The molecule has 0 aliphatic rings. The minimum absolute atomic E-state index is 0.553. The van der Waals surface area contributed by atoms with Crippen LogP contribution in [0.15, 0.2) is 5.22 Å². The first-order valence-corrected chi connectivity index (χ1v) is 2.27. The zero-order valence-electron chi connectivity index (χ0n) is 4.90. The van der Waals surface area contributed by atoms with Crippen LogP contribution >= 0.6 is 0 Å². The average Bonchev–Trinajstić information content (AvgIpc) is 1.82. The molecule has 0 spiro atoms. The van der Waals surface area contributed by atoms with Gasteiger partial charge in [-0.3, -0.25) is 4.79 Å². The van der Waals surface area contributed by atoms with Crippen LogP contribution < -0.4 is 11.2 Å². The summed E-state index contributed by atoms with van der Waals surface area (Å²) in [5.41, 5.74) is 14.7. The number of nitrogens with zero attached hydrogens (tertiary/aromatic N) is 3. The molecule has 0 rings (SSSR count). The summed E-state index contributed by atoms with van der Waals surface area (Å²) in [6.45, 7) is 1.50. The van der Waals surface area contributed by atoms with E-state index < -0.39 is 11.9 Å². The molecule has 0 aromatic carbocycles. The van der Waals surface area contributed by atoms with Gasteiger partial charge in [0.15, 0.2) is 6.04 Å². The van der Waals surface area contributed by atoms with Crippen molar-refractivity contribution in [2.24, 2.45) is 11.0 Å². The molecule has 9 heavy (non-hydrogen) atoms. The molecule has 6 heteroatoms. The standard InChI is InChI=1S/C3H7N5O/c1-2(3(4)9)6-8-7-5/h2,6H,1H3,(H2,4,9)/t2-/m0/s1. The Kier molecular flexibility index (Phi) is 3.00. The molecule has 0 unspecified atom stereocenters. The Morgan fingerprint density at radius 1 is 2.00 bits per heavy atom. The van der Waals surface area contributed by atoms with Crippen molar-refractivity contribution in [2.45, 2.75) is 13.0 Å². The van der Waals surface area contributed by atoms with Crippen LogP contribution in [-0.4, -0.2) is 11.9 Å². The minimum atomic E-state index is -0.610. The quantitative estimate of drug-likeness (QED) is 0.236. The van der Waals surface area contributed by atoms with Gasteiger partial charge in [-0.25, -0.2) is 5.43 Å². The molecule has 0 heterocycles. The number of hydrogen-bond acceptors (Lipinski definition) is 2. The highest BCUT2D eigenvalue weighted by Crippen LogP contribution is 1.76. The van der Waals surface area contributed by atoms with E-state index >= 15 is 0 Å². The lowest BCUT2D eigenvalue weighted by atomic mass is 10.3. The van der Waals surface area contributed by atoms with Gasteiger partial charge < -0.3 is 5.73 Å². The number of primary amides is 1. The molecule has 0 aliphatic heterocycles. The monoisotopic (exact) mass is 129 g/mol. The SMILES string of the molecule is C[C@H](NN=[N+]=[N-])C(N)=O. The first kappa shape index (κ1) is 7.58. The molecule has 6 nitrogen and oxygen atoms in total. The first-order valence-electron chi connectivity index (χ1n) is 2.27. The average molecular weight is 129 g/mol. The van der Waals surface area contributed by atoms with Gasteiger partial charge in [0.05, 0.1) is 0 Å². The summed E-state index contributed by atoms with van der Waals surface area (Å²) in [6, 6.07) is -0.610. The second kappa shape index (κ2) is 3.57. The van der Waals surface area contributed by atoms with Crippen molar-refractivity contribution >= 4 is 5.91 Å². The van der Waals surface area contributed by atoms with Gasteiger partial charge >= 0.3 is 0 Å². The van der Waals surface area contributed by atoms with E-state index in [0.717, 1.165) is 0 Å². The number of hydrogen-bond donors (Lipinski definition) is 2. The van der Waals surface area contributed by atoms with E-state index in [2.05, 4.69) is 15.6 Å². The molecule has 1 atom stereocenters. The summed E-state index contributed by atoms with van der Waals surface area (Å²) in [6.07, 6.45) is 0. The molecule has 0 radical (unpaired) electrons. The Hall–Kier alpha value is -1.42. The van der Waals surface area contributed by atoms with E-state index in [1.165, 1.54) is 6.92 Å². The fourth-order valence-corrected chi connectivity index (χ4v) is 0.176. The molecule has 0 aliphatic carbocycles. The third-order valence-corrected chi connectivity index (χ3v) is 0.723. The van der Waals surface area contributed by atoms with Gasteiger partial charge in [0.1, 0.15) is 0 Å². The van der Waals surface area contributed by atoms with Crippen molar-refractivity contribution in [3.8, 4) is 0 Å². The molecule has 0 saturated heterocycles. The molecule has 3 N–H and O–H groups in total. The number of amides is 1. The third-order valence-electron chi connectivity index (χ3n) is 0.723. The summed E-state index contributed by atoms with van der Waals surface area (Å²) >= 11 is 0. The maximum Gasteiger partial charge on any atom is 0.262 e. The molecular formula is C3H7N5O. The Balaban J connectivity index is 3.63. The number of rotatable bonds is 3. The van der Waals surface area contributed by atoms with Crippen LogP contribution in [0.2, 0.25) is 0 Å². The van der Waals surface area contributed by atoms with Crippen LogP contribution in [0.25, 0.3) is 10.4 Å². The largest absolute Gasteiger partial charge is 0.366 e. The summed E-state index contributed by atoms with van der Waals surface area (Å²) in [7, 11) is 0. The number of carbonyl (C=O) groups excluding carboxylic acids is 1. The second-order valence-electron chi connectivity index (χ2n) is 1.44. The molecular weight excluding hydrogens is 122 g/mol. The van der Waals surface area contributed by atoms with Gasteiger partial charge in [0, 0.05) is 0 Å². The number of nitrogens with one attached hydrogen (secondary N) is 1. The lowest BCUT2D eigenvalue weighted by Crippen LogP contribution is -2.35. The molecule has 0 fully saturated rings.